The maximum absolute atomic E-state index is 12.0. The van der Waals surface area contributed by atoms with Crippen LogP contribution in [0.5, 0.6) is 0 Å². The number of benzene rings is 2. The van der Waals surface area contributed by atoms with Crippen LogP contribution in [-0.2, 0) is 0 Å². The minimum absolute atomic E-state index is 0.223. The fourth-order valence-corrected chi connectivity index (χ4v) is 2.18. The van der Waals surface area contributed by atoms with Crippen LogP contribution in [0.4, 0.5) is 0 Å². The van der Waals surface area contributed by atoms with E-state index in [0.717, 1.165) is 28.1 Å². The van der Waals surface area contributed by atoms with E-state index in [1.807, 2.05) is 48.5 Å². The molecule has 2 aromatic rings. The van der Waals surface area contributed by atoms with Gasteiger partial charge in [-0.05, 0) is 35.6 Å². The smallest absolute Gasteiger partial charge is 0.162 e. The summed E-state index contributed by atoms with van der Waals surface area (Å²) in [6.45, 7) is 4.27. The second kappa shape index (κ2) is 6.71. The lowest BCUT2D eigenvalue weighted by Crippen LogP contribution is -2.01. The number of hydrogen-bond acceptors (Lipinski definition) is 1. The average Bonchev–Trinajstić information content (AvgIpc) is 2.46. The quantitative estimate of drug-likeness (QED) is 0.651. The van der Waals surface area contributed by atoms with Gasteiger partial charge in [0.25, 0.3) is 0 Å². The molecule has 0 radical (unpaired) electrons. The normalized spacial score (nSPS) is 10.8. The summed E-state index contributed by atoms with van der Waals surface area (Å²) < 4.78 is 0. The highest BCUT2D eigenvalue weighted by Gasteiger charge is 2.07. The van der Waals surface area contributed by atoms with Gasteiger partial charge < -0.3 is 0 Å². The van der Waals surface area contributed by atoms with E-state index in [1.165, 1.54) is 0 Å². The van der Waals surface area contributed by atoms with Gasteiger partial charge in [0, 0.05) is 17.0 Å². The molecule has 20 heavy (non-hydrogen) atoms. The number of ketones is 1. The number of carbonyl (C=O) groups excluding carboxylic acids is 1. The fourth-order valence-electron chi connectivity index (χ4n) is 2.06. The van der Waals surface area contributed by atoms with Gasteiger partial charge in [-0.3, -0.25) is 4.79 Å². The van der Waals surface area contributed by atoms with E-state index in [-0.39, 0.29) is 5.78 Å². The van der Waals surface area contributed by atoms with Crippen molar-refractivity contribution in [2.24, 2.45) is 5.92 Å². The Hall–Kier alpha value is -1.60. The molecule has 0 aliphatic rings. The molecule has 0 aliphatic carbocycles. The Morgan fingerprint density at radius 3 is 1.95 bits per heavy atom. The number of hydrogen-bond donors (Lipinski definition) is 0. The first-order chi connectivity index (χ1) is 9.56. The molecule has 2 rings (SSSR count). The lowest BCUT2D eigenvalue weighted by atomic mass is 9.99. The highest BCUT2D eigenvalue weighted by Crippen LogP contribution is 2.22. The standard InChI is InChI=1S/C18H19ClO/c1-13(2)3-12-18(20)16-6-4-14(5-7-16)15-8-10-17(19)11-9-15/h4-11,13H,3,12H2,1-2H3. The molecular formula is C18H19ClO. The van der Waals surface area contributed by atoms with E-state index in [1.54, 1.807) is 0 Å². The summed E-state index contributed by atoms with van der Waals surface area (Å²) in [6.07, 6.45) is 1.57. The van der Waals surface area contributed by atoms with Gasteiger partial charge >= 0.3 is 0 Å². The average molecular weight is 287 g/mol. The van der Waals surface area contributed by atoms with Crippen molar-refractivity contribution < 1.29 is 4.79 Å². The molecule has 0 unspecified atom stereocenters. The Balaban J connectivity index is 2.10. The van der Waals surface area contributed by atoms with Crippen LogP contribution in [0.25, 0.3) is 11.1 Å². The monoisotopic (exact) mass is 286 g/mol. The van der Waals surface area contributed by atoms with Crippen LogP contribution in [0, 0.1) is 5.92 Å². The predicted octanol–water partition coefficient (Wildman–Crippen LogP) is 5.63. The minimum atomic E-state index is 0.223. The third-order valence-electron chi connectivity index (χ3n) is 3.33. The molecule has 0 atom stereocenters. The molecule has 0 aliphatic heterocycles. The van der Waals surface area contributed by atoms with Crippen LogP contribution in [0.3, 0.4) is 0 Å². The van der Waals surface area contributed by atoms with Crippen LogP contribution in [0.15, 0.2) is 48.5 Å². The van der Waals surface area contributed by atoms with Gasteiger partial charge in [-0.15, -0.1) is 0 Å². The van der Waals surface area contributed by atoms with Crippen LogP contribution in [0.2, 0.25) is 5.02 Å². The molecule has 0 heterocycles. The molecule has 0 aromatic heterocycles. The van der Waals surface area contributed by atoms with E-state index in [4.69, 9.17) is 11.6 Å². The van der Waals surface area contributed by atoms with E-state index >= 15 is 0 Å². The Kier molecular flexibility index (Phi) is 4.97. The summed E-state index contributed by atoms with van der Waals surface area (Å²) in [5.74, 6) is 0.786. The molecule has 0 amide bonds. The Morgan fingerprint density at radius 1 is 0.950 bits per heavy atom. The third-order valence-corrected chi connectivity index (χ3v) is 3.59. The van der Waals surface area contributed by atoms with Gasteiger partial charge in [0.1, 0.15) is 0 Å². The zero-order valence-corrected chi connectivity index (χ0v) is 12.7. The molecule has 0 spiro atoms. The molecule has 2 heteroatoms. The van der Waals surface area contributed by atoms with Crippen LogP contribution in [-0.4, -0.2) is 5.78 Å². The van der Waals surface area contributed by atoms with Crippen LogP contribution < -0.4 is 0 Å². The minimum Gasteiger partial charge on any atom is -0.294 e. The van der Waals surface area contributed by atoms with E-state index in [9.17, 15) is 4.79 Å². The predicted molar refractivity (Wildman–Crippen MR) is 85.3 cm³/mol. The molecule has 0 N–H and O–H groups in total. The number of rotatable bonds is 5. The second-order valence-electron chi connectivity index (χ2n) is 5.44. The van der Waals surface area contributed by atoms with Crippen molar-refractivity contribution >= 4 is 17.4 Å². The van der Waals surface area contributed by atoms with Crippen molar-refractivity contribution in [1.82, 2.24) is 0 Å². The topological polar surface area (TPSA) is 17.1 Å². The zero-order valence-electron chi connectivity index (χ0n) is 11.9. The number of halogens is 1. The van der Waals surface area contributed by atoms with Crippen molar-refractivity contribution in [3.63, 3.8) is 0 Å². The molecule has 104 valence electrons. The fraction of sp³-hybridized carbons (Fsp3) is 0.278. The van der Waals surface area contributed by atoms with Gasteiger partial charge in [0.05, 0.1) is 0 Å². The zero-order chi connectivity index (χ0) is 14.5. The molecule has 0 bridgehead atoms. The van der Waals surface area contributed by atoms with Crippen LogP contribution >= 0.6 is 11.6 Å². The van der Waals surface area contributed by atoms with Gasteiger partial charge in [0.15, 0.2) is 5.78 Å². The van der Waals surface area contributed by atoms with Crippen molar-refractivity contribution in [3.05, 3.63) is 59.1 Å². The largest absolute Gasteiger partial charge is 0.294 e. The van der Waals surface area contributed by atoms with Crippen molar-refractivity contribution in [1.29, 1.82) is 0 Å². The molecular weight excluding hydrogens is 268 g/mol. The first kappa shape index (κ1) is 14.8. The first-order valence-electron chi connectivity index (χ1n) is 6.95. The molecule has 0 fully saturated rings. The van der Waals surface area contributed by atoms with Crippen molar-refractivity contribution in [2.75, 3.05) is 0 Å². The summed E-state index contributed by atoms with van der Waals surface area (Å²) in [7, 11) is 0. The van der Waals surface area contributed by atoms with Crippen molar-refractivity contribution in [3.8, 4) is 11.1 Å². The first-order valence-corrected chi connectivity index (χ1v) is 7.33. The number of Topliss-reactive ketones (excluding diaryl/α,β-unsaturated/α-hetero) is 1. The third kappa shape index (κ3) is 3.94. The Bertz CT molecular complexity index is 567. The number of carbonyl (C=O) groups is 1. The van der Waals surface area contributed by atoms with E-state index in [0.29, 0.717) is 12.3 Å². The molecule has 0 saturated heterocycles. The molecule has 0 saturated carbocycles. The lowest BCUT2D eigenvalue weighted by molar-refractivity contribution is 0.0975. The van der Waals surface area contributed by atoms with Crippen LogP contribution in [0.1, 0.15) is 37.0 Å². The summed E-state index contributed by atoms with van der Waals surface area (Å²) in [5.41, 5.74) is 3.00. The van der Waals surface area contributed by atoms with Gasteiger partial charge in [-0.2, -0.15) is 0 Å². The highest BCUT2D eigenvalue weighted by atomic mass is 35.5. The summed E-state index contributed by atoms with van der Waals surface area (Å²) in [4.78, 5) is 12.0. The maximum Gasteiger partial charge on any atom is 0.162 e. The SMILES string of the molecule is CC(C)CCC(=O)c1ccc(-c2ccc(Cl)cc2)cc1. The second-order valence-corrected chi connectivity index (χ2v) is 5.88. The van der Waals surface area contributed by atoms with Gasteiger partial charge in [-0.1, -0.05) is 61.8 Å². The lowest BCUT2D eigenvalue weighted by Gasteiger charge is -2.06. The van der Waals surface area contributed by atoms with E-state index < -0.39 is 0 Å². The maximum atomic E-state index is 12.0. The molecule has 1 nitrogen and oxygen atoms in total. The van der Waals surface area contributed by atoms with Gasteiger partial charge in [0.2, 0.25) is 0 Å². The summed E-state index contributed by atoms with van der Waals surface area (Å²) in [5, 5.41) is 0.731. The Labute approximate surface area is 125 Å². The Morgan fingerprint density at radius 2 is 1.45 bits per heavy atom. The van der Waals surface area contributed by atoms with Crippen molar-refractivity contribution in [2.45, 2.75) is 26.7 Å². The summed E-state index contributed by atoms with van der Waals surface area (Å²) in [6, 6.07) is 15.5. The van der Waals surface area contributed by atoms with E-state index in [2.05, 4.69) is 13.8 Å². The summed E-state index contributed by atoms with van der Waals surface area (Å²) >= 11 is 5.88. The van der Waals surface area contributed by atoms with Gasteiger partial charge in [-0.25, -0.2) is 0 Å². The highest BCUT2D eigenvalue weighted by molar-refractivity contribution is 6.30. The molecule has 2 aromatic carbocycles.